The molecule has 1 N–H and O–H groups in total. The number of hydrogen-bond donors (Lipinski definition) is 1. The smallest absolute Gasteiger partial charge is 0.245 e. The zero-order chi connectivity index (χ0) is 14.3. The second-order valence-electron chi connectivity index (χ2n) is 4.86. The molecule has 0 aromatic rings. The van der Waals surface area contributed by atoms with Crippen molar-refractivity contribution in [2.75, 3.05) is 19.8 Å². The number of nitrogens with zero attached hydrogens (tertiary/aromatic N) is 1. The van der Waals surface area contributed by atoms with Crippen molar-refractivity contribution in [2.45, 2.75) is 58.5 Å². The van der Waals surface area contributed by atoms with Gasteiger partial charge in [-0.1, -0.05) is 20.3 Å². The standard InChI is InChI=1S/C14H26N2O3/c1-4-8-11-14(18)16(9-7-10-19-6-3)12(5-2)13(17)15-11/h11-12H,4-10H2,1-3H3,(H,15,17). The summed E-state index contributed by atoms with van der Waals surface area (Å²) in [5.74, 6) is 0.0433. The molecule has 0 radical (unpaired) electrons. The van der Waals surface area contributed by atoms with Gasteiger partial charge in [-0.15, -0.1) is 0 Å². The van der Waals surface area contributed by atoms with Crippen molar-refractivity contribution in [2.24, 2.45) is 0 Å². The van der Waals surface area contributed by atoms with Gasteiger partial charge in [-0.3, -0.25) is 9.59 Å². The van der Waals surface area contributed by atoms with E-state index in [1.54, 1.807) is 4.90 Å². The zero-order valence-electron chi connectivity index (χ0n) is 12.3. The van der Waals surface area contributed by atoms with E-state index in [0.29, 0.717) is 32.6 Å². The molecule has 1 heterocycles. The predicted molar refractivity (Wildman–Crippen MR) is 73.7 cm³/mol. The Balaban J connectivity index is 2.64. The van der Waals surface area contributed by atoms with Crippen LogP contribution in [-0.2, 0) is 14.3 Å². The van der Waals surface area contributed by atoms with Crippen LogP contribution in [0, 0.1) is 0 Å². The molecule has 0 bridgehead atoms. The molecule has 2 atom stereocenters. The molecule has 1 aliphatic heterocycles. The van der Waals surface area contributed by atoms with Crippen LogP contribution in [0.25, 0.3) is 0 Å². The second kappa shape index (κ2) is 8.15. The average molecular weight is 270 g/mol. The summed E-state index contributed by atoms with van der Waals surface area (Å²) < 4.78 is 5.29. The quantitative estimate of drug-likeness (QED) is 0.677. The van der Waals surface area contributed by atoms with Gasteiger partial charge < -0.3 is 15.0 Å². The Labute approximate surface area is 115 Å². The van der Waals surface area contributed by atoms with E-state index in [9.17, 15) is 9.59 Å². The van der Waals surface area contributed by atoms with Crippen LogP contribution in [0.2, 0.25) is 0 Å². The third-order valence-corrected chi connectivity index (χ3v) is 3.43. The van der Waals surface area contributed by atoms with Crippen molar-refractivity contribution in [1.82, 2.24) is 10.2 Å². The fourth-order valence-electron chi connectivity index (χ4n) is 2.46. The molecule has 0 saturated carbocycles. The van der Waals surface area contributed by atoms with Gasteiger partial charge >= 0.3 is 0 Å². The molecule has 2 unspecified atom stereocenters. The molecule has 110 valence electrons. The Kier molecular flexibility index (Phi) is 6.84. The van der Waals surface area contributed by atoms with Gasteiger partial charge in [0.25, 0.3) is 0 Å². The van der Waals surface area contributed by atoms with Gasteiger partial charge in [-0.05, 0) is 26.2 Å². The molecule has 1 aliphatic rings. The lowest BCUT2D eigenvalue weighted by Gasteiger charge is -2.38. The highest BCUT2D eigenvalue weighted by atomic mass is 16.5. The third-order valence-electron chi connectivity index (χ3n) is 3.43. The van der Waals surface area contributed by atoms with Crippen LogP contribution in [0.5, 0.6) is 0 Å². The maximum absolute atomic E-state index is 12.4. The van der Waals surface area contributed by atoms with Crippen LogP contribution in [-0.4, -0.2) is 48.6 Å². The van der Waals surface area contributed by atoms with E-state index in [1.165, 1.54) is 0 Å². The van der Waals surface area contributed by atoms with Crippen molar-refractivity contribution in [3.63, 3.8) is 0 Å². The monoisotopic (exact) mass is 270 g/mol. The first kappa shape index (κ1) is 16.0. The Morgan fingerprint density at radius 2 is 2.00 bits per heavy atom. The minimum atomic E-state index is -0.340. The van der Waals surface area contributed by atoms with E-state index in [4.69, 9.17) is 4.74 Å². The van der Waals surface area contributed by atoms with E-state index in [2.05, 4.69) is 5.32 Å². The predicted octanol–water partition coefficient (Wildman–Crippen LogP) is 1.32. The molecular formula is C14H26N2O3. The van der Waals surface area contributed by atoms with Gasteiger partial charge in [0.1, 0.15) is 12.1 Å². The SMILES string of the molecule is CCCC1NC(=O)C(CC)N(CCCOCC)C1=O. The summed E-state index contributed by atoms with van der Waals surface area (Å²) in [7, 11) is 0. The highest BCUT2D eigenvalue weighted by molar-refractivity contribution is 5.96. The summed E-state index contributed by atoms with van der Waals surface area (Å²) in [5, 5.41) is 2.84. The number of piperazine rings is 1. The van der Waals surface area contributed by atoms with Crippen molar-refractivity contribution >= 4 is 11.8 Å². The molecule has 1 rings (SSSR count). The lowest BCUT2D eigenvalue weighted by molar-refractivity contribution is -0.149. The third kappa shape index (κ3) is 4.20. The molecule has 5 heteroatoms. The summed E-state index contributed by atoms with van der Waals surface area (Å²) >= 11 is 0. The number of rotatable bonds is 8. The minimum Gasteiger partial charge on any atom is -0.382 e. The van der Waals surface area contributed by atoms with Crippen LogP contribution in [0.4, 0.5) is 0 Å². The molecule has 2 amide bonds. The minimum absolute atomic E-state index is 0.0167. The molecule has 0 spiro atoms. The lowest BCUT2D eigenvalue weighted by Crippen LogP contribution is -2.63. The van der Waals surface area contributed by atoms with Crippen molar-refractivity contribution < 1.29 is 14.3 Å². The van der Waals surface area contributed by atoms with Crippen LogP contribution in [0.15, 0.2) is 0 Å². The molecule has 5 nitrogen and oxygen atoms in total. The van der Waals surface area contributed by atoms with Gasteiger partial charge in [0, 0.05) is 19.8 Å². The topological polar surface area (TPSA) is 58.6 Å². The van der Waals surface area contributed by atoms with E-state index in [1.807, 2.05) is 20.8 Å². The first-order chi connectivity index (χ1) is 9.15. The van der Waals surface area contributed by atoms with E-state index < -0.39 is 0 Å². The molecule has 19 heavy (non-hydrogen) atoms. The molecule has 0 aromatic heterocycles. The van der Waals surface area contributed by atoms with Crippen molar-refractivity contribution in [3.8, 4) is 0 Å². The van der Waals surface area contributed by atoms with Crippen LogP contribution in [0.3, 0.4) is 0 Å². The van der Waals surface area contributed by atoms with Crippen LogP contribution >= 0.6 is 0 Å². The highest BCUT2D eigenvalue weighted by Crippen LogP contribution is 2.16. The maximum atomic E-state index is 12.4. The molecule has 1 saturated heterocycles. The summed E-state index contributed by atoms with van der Waals surface area (Å²) in [6.45, 7) is 7.83. The van der Waals surface area contributed by atoms with Gasteiger partial charge in [0.2, 0.25) is 11.8 Å². The zero-order valence-corrected chi connectivity index (χ0v) is 12.3. The number of hydrogen-bond acceptors (Lipinski definition) is 3. The summed E-state index contributed by atoms with van der Waals surface area (Å²) in [6, 6.07) is -0.658. The number of carbonyl (C=O) groups excluding carboxylic acids is 2. The Bertz CT molecular complexity index is 307. The van der Waals surface area contributed by atoms with Gasteiger partial charge in [-0.25, -0.2) is 0 Å². The molecular weight excluding hydrogens is 244 g/mol. The largest absolute Gasteiger partial charge is 0.382 e. The number of nitrogens with one attached hydrogen (secondary N) is 1. The van der Waals surface area contributed by atoms with Gasteiger partial charge in [0.15, 0.2) is 0 Å². The fraction of sp³-hybridized carbons (Fsp3) is 0.857. The van der Waals surface area contributed by atoms with Crippen molar-refractivity contribution in [3.05, 3.63) is 0 Å². The fourth-order valence-corrected chi connectivity index (χ4v) is 2.46. The van der Waals surface area contributed by atoms with Crippen molar-refractivity contribution in [1.29, 1.82) is 0 Å². The molecule has 0 aliphatic carbocycles. The number of ether oxygens (including phenoxy) is 1. The summed E-state index contributed by atoms with van der Waals surface area (Å²) in [5.41, 5.74) is 0. The number of amides is 2. The average Bonchev–Trinajstić information content (AvgIpc) is 2.40. The van der Waals surface area contributed by atoms with E-state index in [-0.39, 0.29) is 23.9 Å². The van der Waals surface area contributed by atoms with Crippen LogP contribution < -0.4 is 5.32 Å². The second-order valence-corrected chi connectivity index (χ2v) is 4.86. The first-order valence-corrected chi connectivity index (χ1v) is 7.34. The Morgan fingerprint density at radius 1 is 1.26 bits per heavy atom. The highest BCUT2D eigenvalue weighted by Gasteiger charge is 2.38. The van der Waals surface area contributed by atoms with E-state index >= 15 is 0 Å². The first-order valence-electron chi connectivity index (χ1n) is 7.34. The molecule has 1 fully saturated rings. The Morgan fingerprint density at radius 3 is 2.58 bits per heavy atom. The lowest BCUT2D eigenvalue weighted by atomic mass is 10.0. The van der Waals surface area contributed by atoms with Crippen LogP contribution in [0.1, 0.15) is 46.5 Å². The Hall–Kier alpha value is -1.10. The van der Waals surface area contributed by atoms with Gasteiger partial charge in [-0.2, -0.15) is 0 Å². The molecule has 0 aromatic carbocycles. The van der Waals surface area contributed by atoms with E-state index in [0.717, 1.165) is 12.8 Å². The van der Waals surface area contributed by atoms with Gasteiger partial charge in [0.05, 0.1) is 0 Å². The summed E-state index contributed by atoms with van der Waals surface area (Å²) in [6.07, 6.45) is 3.04. The summed E-state index contributed by atoms with van der Waals surface area (Å²) in [4.78, 5) is 26.1. The number of carbonyl (C=O) groups is 2. The maximum Gasteiger partial charge on any atom is 0.245 e. The normalized spacial score (nSPS) is 23.6.